The second-order valence-electron chi connectivity index (χ2n) is 4.81. The van der Waals surface area contributed by atoms with Gasteiger partial charge in [-0.1, -0.05) is 6.58 Å². The summed E-state index contributed by atoms with van der Waals surface area (Å²) in [5, 5.41) is 2.74. The highest BCUT2D eigenvalue weighted by Crippen LogP contribution is 2.22. The zero-order valence-electron chi connectivity index (χ0n) is 11.0. The van der Waals surface area contributed by atoms with Crippen LogP contribution in [0.15, 0.2) is 12.3 Å². The Hall–Kier alpha value is -1.03. The van der Waals surface area contributed by atoms with Crippen molar-refractivity contribution in [3.05, 3.63) is 12.3 Å². The van der Waals surface area contributed by atoms with E-state index in [1.54, 1.807) is 0 Å². The molecule has 1 heterocycles. The van der Waals surface area contributed by atoms with E-state index in [-0.39, 0.29) is 5.91 Å². The Morgan fingerprint density at radius 3 is 2.88 bits per heavy atom. The Kier molecular flexibility index (Phi) is 5.48. The van der Waals surface area contributed by atoms with Gasteiger partial charge < -0.3 is 16.0 Å². The molecule has 0 aliphatic carbocycles. The Morgan fingerprint density at radius 2 is 2.29 bits per heavy atom. The third kappa shape index (κ3) is 4.04. The topological polar surface area (TPSA) is 58.4 Å². The van der Waals surface area contributed by atoms with Crippen molar-refractivity contribution in [1.82, 2.24) is 10.2 Å². The van der Waals surface area contributed by atoms with Gasteiger partial charge in [0.25, 0.3) is 0 Å². The van der Waals surface area contributed by atoms with Crippen LogP contribution in [0, 0.1) is 0 Å². The number of carbonyl (C=O) groups excluding carboxylic acids is 1. The van der Waals surface area contributed by atoms with Gasteiger partial charge in [0, 0.05) is 31.2 Å². The fourth-order valence-electron chi connectivity index (χ4n) is 2.34. The fourth-order valence-corrected chi connectivity index (χ4v) is 2.34. The second-order valence-corrected chi connectivity index (χ2v) is 4.81. The molecule has 3 N–H and O–H groups in total. The number of rotatable bonds is 5. The molecule has 17 heavy (non-hydrogen) atoms. The number of carbonyl (C=O) groups is 1. The largest absolute Gasteiger partial charge is 0.373 e. The summed E-state index contributed by atoms with van der Waals surface area (Å²) in [5.74, 6) is -0.0849. The number of likely N-dealkylation sites (N-methyl/N-ethyl adjacent to an activating group) is 1. The normalized spacial score (nSPS) is 22.1. The molecular formula is C13H25N3O. The highest BCUT2D eigenvalue weighted by Gasteiger charge is 2.22. The van der Waals surface area contributed by atoms with Gasteiger partial charge in [0.2, 0.25) is 5.91 Å². The van der Waals surface area contributed by atoms with Crippen molar-refractivity contribution in [3.8, 4) is 0 Å². The summed E-state index contributed by atoms with van der Waals surface area (Å²) in [7, 11) is 0. The average Bonchev–Trinajstić information content (AvgIpc) is 2.29. The lowest BCUT2D eigenvalue weighted by Gasteiger charge is -2.37. The predicted molar refractivity (Wildman–Crippen MR) is 70.4 cm³/mol. The number of piperidine rings is 1. The van der Waals surface area contributed by atoms with Crippen molar-refractivity contribution in [3.63, 3.8) is 0 Å². The van der Waals surface area contributed by atoms with E-state index < -0.39 is 6.04 Å². The number of nitrogens with one attached hydrogen (secondary N) is 1. The van der Waals surface area contributed by atoms with Crippen LogP contribution in [0.4, 0.5) is 0 Å². The Bertz CT molecular complexity index is 278. The van der Waals surface area contributed by atoms with Gasteiger partial charge in [0.1, 0.15) is 0 Å². The molecule has 4 nitrogen and oxygen atoms in total. The van der Waals surface area contributed by atoms with Gasteiger partial charge in [-0.25, -0.2) is 0 Å². The molecule has 1 saturated heterocycles. The molecule has 1 aliphatic heterocycles. The Labute approximate surface area is 104 Å². The van der Waals surface area contributed by atoms with Crippen LogP contribution in [0.3, 0.4) is 0 Å². The van der Waals surface area contributed by atoms with E-state index in [1.165, 1.54) is 19.3 Å². The van der Waals surface area contributed by atoms with E-state index in [0.717, 1.165) is 12.2 Å². The minimum atomic E-state index is -0.475. The number of amides is 1. The molecule has 0 aromatic heterocycles. The van der Waals surface area contributed by atoms with Crippen LogP contribution in [0.25, 0.3) is 0 Å². The summed E-state index contributed by atoms with van der Waals surface area (Å²) < 4.78 is 0. The van der Waals surface area contributed by atoms with Crippen molar-refractivity contribution >= 4 is 5.91 Å². The van der Waals surface area contributed by atoms with Gasteiger partial charge in [-0.2, -0.15) is 0 Å². The SMILES string of the molecule is C=C(C[C@H](N)C(=O)NCC)N1CCCC[C@@H]1C. The maximum absolute atomic E-state index is 11.5. The van der Waals surface area contributed by atoms with Crippen LogP contribution in [-0.4, -0.2) is 36.0 Å². The molecule has 0 aromatic carbocycles. The maximum Gasteiger partial charge on any atom is 0.237 e. The van der Waals surface area contributed by atoms with E-state index >= 15 is 0 Å². The number of nitrogens with two attached hydrogens (primary N) is 1. The summed E-state index contributed by atoms with van der Waals surface area (Å²) >= 11 is 0. The van der Waals surface area contributed by atoms with E-state index in [2.05, 4.69) is 23.7 Å². The van der Waals surface area contributed by atoms with Gasteiger partial charge in [-0.3, -0.25) is 4.79 Å². The van der Waals surface area contributed by atoms with Crippen LogP contribution >= 0.6 is 0 Å². The predicted octanol–water partition coefficient (Wildman–Crippen LogP) is 1.23. The molecule has 4 heteroatoms. The summed E-state index contributed by atoms with van der Waals surface area (Å²) in [6, 6.07) is 0.0502. The minimum absolute atomic E-state index is 0.0849. The van der Waals surface area contributed by atoms with E-state index in [4.69, 9.17) is 5.73 Å². The smallest absolute Gasteiger partial charge is 0.237 e. The summed E-state index contributed by atoms with van der Waals surface area (Å²) in [6.45, 7) is 9.85. The molecular weight excluding hydrogens is 214 g/mol. The summed E-state index contributed by atoms with van der Waals surface area (Å²) in [6.07, 6.45) is 4.25. The van der Waals surface area contributed by atoms with Crippen molar-refractivity contribution < 1.29 is 4.79 Å². The van der Waals surface area contributed by atoms with Gasteiger partial charge in [-0.05, 0) is 33.1 Å². The molecule has 1 fully saturated rings. The molecule has 0 spiro atoms. The van der Waals surface area contributed by atoms with Crippen LogP contribution in [0.2, 0.25) is 0 Å². The van der Waals surface area contributed by atoms with Crippen molar-refractivity contribution in [2.24, 2.45) is 5.73 Å². The standard InChI is InChI=1S/C13H25N3O/c1-4-15-13(17)12(14)9-11(3)16-8-6-5-7-10(16)2/h10,12H,3-9,14H2,1-2H3,(H,15,17)/t10-,12-/m0/s1. The molecule has 1 rings (SSSR count). The molecule has 1 amide bonds. The van der Waals surface area contributed by atoms with E-state index in [9.17, 15) is 4.79 Å². The number of nitrogens with zero attached hydrogens (tertiary/aromatic N) is 1. The highest BCUT2D eigenvalue weighted by atomic mass is 16.2. The van der Waals surface area contributed by atoms with Gasteiger partial charge in [0.05, 0.1) is 6.04 Å². The summed E-state index contributed by atoms with van der Waals surface area (Å²) in [5.41, 5.74) is 6.85. The van der Waals surface area contributed by atoms with Crippen molar-refractivity contribution in [2.75, 3.05) is 13.1 Å². The fraction of sp³-hybridized carbons (Fsp3) is 0.769. The molecule has 0 unspecified atom stereocenters. The molecule has 98 valence electrons. The van der Waals surface area contributed by atoms with E-state index in [0.29, 0.717) is 19.0 Å². The second kappa shape index (κ2) is 6.64. The van der Waals surface area contributed by atoms with Crippen molar-refractivity contribution in [2.45, 2.75) is 51.6 Å². The average molecular weight is 239 g/mol. The lowest BCUT2D eigenvalue weighted by atomic mass is 10.0. The molecule has 0 bridgehead atoms. The minimum Gasteiger partial charge on any atom is -0.373 e. The third-order valence-electron chi connectivity index (χ3n) is 3.35. The first-order valence-corrected chi connectivity index (χ1v) is 6.54. The highest BCUT2D eigenvalue weighted by molar-refractivity contribution is 5.81. The van der Waals surface area contributed by atoms with Crippen LogP contribution < -0.4 is 11.1 Å². The third-order valence-corrected chi connectivity index (χ3v) is 3.35. The first-order valence-electron chi connectivity index (χ1n) is 6.54. The molecule has 1 aliphatic rings. The molecule has 2 atom stereocenters. The molecule has 0 saturated carbocycles. The molecule has 0 radical (unpaired) electrons. The van der Waals surface area contributed by atoms with Crippen LogP contribution in [-0.2, 0) is 4.79 Å². The monoisotopic (exact) mass is 239 g/mol. The number of hydrogen-bond acceptors (Lipinski definition) is 3. The maximum atomic E-state index is 11.5. The lowest BCUT2D eigenvalue weighted by Crippen LogP contribution is -2.43. The van der Waals surface area contributed by atoms with Gasteiger partial charge >= 0.3 is 0 Å². The van der Waals surface area contributed by atoms with Crippen LogP contribution in [0.1, 0.15) is 39.5 Å². The van der Waals surface area contributed by atoms with Crippen LogP contribution in [0.5, 0.6) is 0 Å². The van der Waals surface area contributed by atoms with Crippen molar-refractivity contribution in [1.29, 1.82) is 0 Å². The first-order chi connectivity index (χ1) is 8.06. The van der Waals surface area contributed by atoms with E-state index in [1.807, 2.05) is 6.92 Å². The Morgan fingerprint density at radius 1 is 1.59 bits per heavy atom. The number of hydrogen-bond donors (Lipinski definition) is 2. The zero-order valence-corrected chi connectivity index (χ0v) is 11.0. The first kappa shape index (κ1) is 14.0. The van der Waals surface area contributed by atoms with Gasteiger partial charge in [-0.15, -0.1) is 0 Å². The molecule has 0 aromatic rings. The summed E-state index contributed by atoms with van der Waals surface area (Å²) in [4.78, 5) is 13.8. The quantitative estimate of drug-likeness (QED) is 0.758. The number of likely N-dealkylation sites (tertiary alicyclic amines) is 1. The zero-order chi connectivity index (χ0) is 12.8. The lowest BCUT2D eigenvalue weighted by molar-refractivity contribution is -0.122. The Balaban J connectivity index is 2.44. The van der Waals surface area contributed by atoms with Gasteiger partial charge in [0.15, 0.2) is 0 Å².